The zero-order chi connectivity index (χ0) is 13.9. The number of aromatic nitrogens is 1. The molecule has 0 fully saturated rings. The Morgan fingerprint density at radius 2 is 2.35 bits per heavy atom. The normalized spacial score (nSPS) is 18.6. The number of nitrogens with zero attached hydrogens (tertiary/aromatic N) is 2. The second-order valence-electron chi connectivity index (χ2n) is 4.93. The molecule has 1 amide bonds. The van der Waals surface area contributed by atoms with E-state index in [-0.39, 0.29) is 12.0 Å². The zero-order valence-electron chi connectivity index (χ0n) is 11.5. The van der Waals surface area contributed by atoms with Crippen LogP contribution in [0.3, 0.4) is 0 Å². The molecule has 20 heavy (non-hydrogen) atoms. The van der Waals surface area contributed by atoms with Crippen LogP contribution in [0.2, 0.25) is 0 Å². The van der Waals surface area contributed by atoms with Gasteiger partial charge in [-0.05, 0) is 30.5 Å². The minimum absolute atomic E-state index is 0.0521. The van der Waals surface area contributed by atoms with E-state index in [4.69, 9.17) is 4.74 Å². The third kappa shape index (κ3) is 2.64. The Balaban J connectivity index is 1.85. The Hall–Kier alpha value is -1.59. The molecule has 106 valence electrons. The lowest BCUT2D eigenvalue weighted by atomic mass is 10.2. The van der Waals surface area contributed by atoms with Crippen molar-refractivity contribution in [1.82, 2.24) is 9.47 Å². The molecular weight excluding hydrogens is 272 g/mol. The molecule has 1 aliphatic rings. The highest BCUT2D eigenvalue weighted by atomic mass is 32.1. The van der Waals surface area contributed by atoms with E-state index in [0.717, 1.165) is 17.8 Å². The summed E-state index contributed by atoms with van der Waals surface area (Å²) in [6.07, 6.45) is 2.11. The summed E-state index contributed by atoms with van der Waals surface area (Å²) < 4.78 is 7.96. The summed E-state index contributed by atoms with van der Waals surface area (Å²) in [5.74, 6) is 0.0885. The molecule has 0 spiro atoms. The first-order chi connectivity index (χ1) is 9.78. The maximum Gasteiger partial charge on any atom is 0.255 e. The van der Waals surface area contributed by atoms with Crippen molar-refractivity contribution in [3.63, 3.8) is 0 Å². The summed E-state index contributed by atoms with van der Waals surface area (Å²) in [7, 11) is 0. The molecule has 3 heterocycles. The van der Waals surface area contributed by atoms with Crippen LogP contribution in [0.25, 0.3) is 0 Å². The van der Waals surface area contributed by atoms with Crippen molar-refractivity contribution >= 4 is 17.2 Å². The van der Waals surface area contributed by atoms with Gasteiger partial charge in [0.05, 0.1) is 24.8 Å². The molecule has 0 aromatic carbocycles. The van der Waals surface area contributed by atoms with Gasteiger partial charge in [-0.2, -0.15) is 11.3 Å². The van der Waals surface area contributed by atoms with Crippen LogP contribution in [0.1, 0.15) is 23.0 Å². The van der Waals surface area contributed by atoms with E-state index in [2.05, 4.69) is 16.8 Å². The molecule has 3 rings (SSSR count). The van der Waals surface area contributed by atoms with Crippen molar-refractivity contribution in [1.29, 1.82) is 0 Å². The molecule has 1 atom stereocenters. The maximum absolute atomic E-state index is 12.6. The van der Waals surface area contributed by atoms with E-state index in [1.54, 1.807) is 11.3 Å². The highest BCUT2D eigenvalue weighted by Crippen LogP contribution is 2.18. The molecule has 2 aromatic heterocycles. The number of rotatable bonds is 3. The predicted molar refractivity (Wildman–Crippen MR) is 78.9 cm³/mol. The number of thiophene rings is 1. The van der Waals surface area contributed by atoms with Gasteiger partial charge in [0.1, 0.15) is 0 Å². The molecule has 0 N–H and O–H groups in total. The Labute approximate surface area is 122 Å². The van der Waals surface area contributed by atoms with Crippen LogP contribution in [-0.4, -0.2) is 34.6 Å². The lowest BCUT2D eigenvalue weighted by Gasteiger charge is -2.23. The van der Waals surface area contributed by atoms with Crippen LogP contribution >= 0.6 is 11.3 Å². The highest BCUT2D eigenvalue weighted by molar-refractivity contribution is 7.08. The van der Waals surface area contributed by atoms with Crippen molar-refractivity contribution in [3.8, 4) is 0 Å². The lowest BCUT2D eigenvalue weighted by Crippen LogP contribution is -2.37. The van der Waals surface area contributed by atoms with E-state index in [1.165, 1.54) is 0 Å². The molecule has 4 nitrogen and oxygen atoms in total. The second-order valence-corrected chi connectivity index (χ2v) is 5.71. The predicted octanol–water partition coefficient (Wildman–Crippen LogP) is 2.61. The van der Waals surface area contributed by atoms with Gasteiger partial charge in [-0.1, -0.05) is 0 Å². The first-order valence-corrected chi connectivity index (χ1v) is 7.79. The first-order valence-electron chi connectivity index (χ1n) is 6.85. The smallest absolute Gasteiger partial charge is 0.255 e. The topological polar surface area (TPSA) is 34.5 Å². The van der Waals surface area contributed by atoms with Crippen molar-refractivity contribution in [2.75, 3.05) is 13.2 Å². The monoisotopic (exact) mass is 290 g/mol. The summed E-state index contributed by atoms with van der Waals surface area (Å²) >= 11 is 1.55. The average Bonchev–Trinajstić information content (AvgIpc) is 3.07. The van der Waals surface area contributed by atoms with Crippen molar-refractivity contribution in [2.24, 2.45) is 0 Å². The fourth-order valence-corrected chi connectivity index (χ4v) is 3.25. The maximum atomic E-state index is 12.6. The molecule has 0 saturated carbocycles. The largest absolute Gasteiger partial charge is 0.375 e. The molecule has 1 unspecified atom stereocenters. The number of carbonyl (C=O) groups excluding carboxylic acids is 1. The van der Waals surface area contributed by atoms with Gasteiger partial charge in [0.2, 0.25) is 0 Å². The SMILES string of the molecule is CCOC1CN(C(=O)c2ccsc2)Cc2cccn2C1. The van der Waals surface area contributed by atoms with Gasteiger partial charge in [-0.15, -0.1) is 0 Å². The minimum Gasteiger partial charge on any atom is -0.375 e. The van der Waals surface area contributed by atoms with Crippen molar-refractivity contribution in [3.05, 3.63) is 46.4 Å². The third-order valence-corrected chi connectivity index (χ3v) is 4.24. The van der Waals surface area contributed by atoms with Gasteiger partial charge < -0.3 is 14.2 Å². The highest BCUT2D eigenvalue weighted by Gasteiger charge is 2.25. The Bertz CT molecular complexity index is 576. The number of hydrogen-bond donors (Lipinski definition) is 0. The van der Waals surface area contributed by atoms with Crippen LogP contribution in [0.15, 0.2) is 35.2 Å². The molecule has 0 aliphatic carbocycles. The summed E-state index contributed by atoms with van der Waals surface area (Å²) in [4.78, 5) is 14.5. The third-order valence-electron chi connectivity index (χ3n) is 3.56. The fraction of sp³-hybridized carbons (Fsp3) is 0.400. The number of fused-ring (bicyclic) bond motifs is 1. The van der Waals surface area contributed by atoms with E-state index < -0.39 is 0 Å². The van der Waals surface area contributed by atoms with Crippen LogP contribution < -0.4 is 0 Å². The minimum atomic E-state index is 0.0521. The van der Waals surface area contributed by atoms with Gasteiger partial charge in [0.25, 0.3) is 5.91 Å². The molecule has 1 aliphatic heterocycles. The van der Waals surface area contributed by atoms with Crippen LogP contribution in [0.4, 0.5) is 0 Å². The molecule has 2 aromatic rings. The standard InChI is InChI=1S/C15H18N2O2S/c1-2-19-14-9-16-6-3-4-13(16)8-17(10-14)15(18)12-5-7-20-11-12/h3-7,11,14H,2,8-10H2,1H3. The Morgan fingerprint density at radius 3 is 3.10 bits per heavy atom. The molecule has 0 radical (unpaired) electrons. The summed E-state index contributed by atoms with van der Waals surface area (Å²) in [5, 5.41) is 3.84. The Morgan fingerprint density at radius 1 is 1.45 bits per heavy atom. The number of ether oxygens (including phenoxy) is 1. The average molecular weight is 290 g/mol. The van der Waals surface area contributed by atoms with Crippen LogP contribution in [0.5, 0.6) is 0 Å². The van der Waals surface area contributed by atoms with Crippen LogP contribution in [0, 0.1) is 0 Å². The van der Waals surface area contributed by atoms with E-state index >= 15 is 0 Å². The number of carbonyl (C=O) groups is 1. The molecule has 5 heteroatoms. The quantitative estimate of drug-likeness (QED) is 0.871. The van der Waals surface area contributed by atoms with E-state index in [1.807, 2.05) is 34.7 Å². The molecular formula is C15H18N2O2S. The molecule has 0 bridgehead atoms. The van der Waals surface area contributed by atoms with Crippen molar-refractivity contribution in [2.45, 2.75) is 26.1 Å². The number of hydrogen-bond acceptors (Lipinski definition) is 3. The second kappa shape index (κ2) is 5.81. The van der Waals surface area contributed by atoms with Gasteiger partial charge in [0.15, 0.2) is 0 Å². The van der Waals surface area contributed by atoms with Gasteiger partial charge in [-0.25, -0.2) is 0 Å². The summed E-state index contributed by atoms with van der Waals surface area (Å²) in [6, 6.07) is 5.98. The summed E-state index contributed by atoms with van der Waals surface area (Å²) in [5.41, 5.74) is 1.93. The van der Waals surface area contributed by atoms with Crippen LogP contribution in [-0.2, 0) is 17.8 Å². The van der Waals surface area contributed by atoms with E-state index in [0.29, 0.717) is 19.7 Å². The molecule has 0 saturated heterocycles. The first kappa shape index (κ1) is 13.4. The zero-order valence-corrected chi connectivity index (χ0v) is 12.3. The van der Waals surface area contributed by atoms with E-state index in [9.17, 15) is 4.79 Å². The summed E-state index contributed by atoms with van der Waals surface area (Å²) in [6.45, 7) is 4.76. The Kier molecular flexibility index (Phi) is 3.89. The number of amides is 1. The fourth-order valence-electron chi connectivity index (χ4n) is 2.62. The lowest BCUT2D eigenvalue weighted by molar-refractivity contribution is 0.0259. The van der Waals surface area contributed by atoms with Gasteiger partial charge >= 0.3 is 0 Å². The van der Waals surface area contributed by atoms with Gasteiger partial charge in [0, 0.05) is 30.4 Å². The van der Waals surface area contributed by atoms with Gasteiger partial charge in [-0.3, -0.25) is 4.79 Å². The van der Waals surface area contributed by atoms with Crippen molar-refractivity contribution < 1.29 is 9.53 Å².